The van der Waals surface area contributed by atoms with Crippen molar-refractivity contribution in [3.8, 4) is 0 Å². The largest absolute Gasteiger partial charge is 0.480 e. The first kappa shape index (κ1) is 11.9. The first-order chi connectivity index (χ1) is 6.66. The van der Waals surface area contributed by atoms with Crippen molar-refractivity contribution in [1.82, 2.24) is 0 Å². The molecule has 0 bridgehead atoms. The van der Waals surface area contributed by atoms with Crippen molar-refractivity contribution < 1.29 is 9.90 Å². The van der Waals surface area contributed by atoms with E-state index in [1.165, 1.54) is 5.56 Å². The molecule has 2 N–H and O–H groups in total. The standard InChI is InChI=1S/C11H13NO2.ClH/c1-7-2-3-8-4-5-9(11(13)14)12-10(8)6-7;/h2-3,6,9,12H,4-5H2,1H3,(H,13,14);1H. The van der Waals surface area contributed by atoms with E-state index in [-0.39, 0.29) is 12.4 Å². The maximum Gasteiger partial charge on any atom is 0.326 e. The van der Waals surface area contributed by atoms with Crippen LogP contribution in [0.3, 0.4) is 0 Å². The molecule has 0 amide bonds. The minimum Gasteiger partial charge on any atom is -0.480 e. The Labute approximate surface area is 94.9 Å². The fourth-order valence-electron chi connectivity index (χ4n) is 1.79. The van der Waals surface area contributed by atoms with E-state index in [2.05, 4.69) is 17.4 Å². The maximum atomic E-state index is 10.8. The second-order valence-electron chi connectivity index (χ2n) is 3.73. The lowest BCUT2D eigenvalue weighted by Gasteiger charge is -2.24. The number of hydrogen-bond donors (Lipinski definition) is 2. The molecule has 0 fully saturated rings. The van der Waals surface area contributed by atoms with Crippen molar-refractivity contribution in [2.24, 2.45) is 0 Å². The van der Waals surface area contributed by atoms with Gasteiger partial charge in [-0.3, -0.25) is 0 Å². The molecule has 1 aromatic carbocycles. The molecule has 0 aromatic heterocycles. The molecular formula is C11H14ClNO2. The van der Waals surface area contributed by atoms with Gasteiger partial charge in [0.2, 0.25) is 0 Å². The smallest absolute Gasteiger partial charge is 0.326 e. The van der Waals surface area contributed by atoms with Crippen molar-refractivity contribution in [3.63, 3.8) is 0 Å². The molecule has 1 aliphatic rings. The molecule has 1 heterocycles. The minimum atomic E-state index is -0.767. The van der Waals surface area contributed by atoms with Crippen molar-refractivity contribution in [2.45, 2.75) is 25.8 Å². The van der Waals surface area contributed by atoms with Crippen LogP contribution in [0.5, 0.6) is 0 Å². The van der Waals surface area contributed by atoms with Gasteiger partial charge in [0.25, 0.3) is 0 Å². The molecule has 2 rings (SSSR count). The second kappa shape index (κ2) is 4.53. The van der Waals surface area contributed by atoms with Gasteiger partial charge < -0.3 is 10.4 Å². The van der Waals surface area contributed by atoms with E-state index in [1.54, 1.807) is 0 Å². The zero-order valence-corrected chi connectivity index (χ0v) is 9.30. The summed E-state index contributed by atoms with van der Waals surface area (Å²) >= 11 is 0. The highest BCUT2D eigenvalue weighted by Gasteiger charge is 2.22. The average Bonchev–Trinajstić information content (AvgIpc) is 2.16. The Morgan fingerprint density at radius 1 is 1.53 bits per heavy atom. The molecule has 0 saturated carbocycles. The summed E-state index contributed by atoms with van der Waals surface area (Å²) in [4.78, 5) is 10.8. The number of nitrogens with one attached hydrogen (secondary N) is 1. The minimum absolute atomic E-state index is 0. The predicted octanol–water partition coefficient (Wildman–Crippen LogP) is 2.23. The van der Waals surface area contributed by atoms with E-state index in [4.69, 9.17) is 5.11 Å². The average molecular weight is 228 g/mol. The first-order valence-electron chi connectivity index (χ1n) is 4.75. The molecule has 1 unspecified atom stereocenters. The van der Waals surface area contributed by atoms with Crippen molar-refractivity contribution in [1.29, 1.82) is 0 Å². The quantitative estimate of drug-likeness (QED) is 0.774. The molecule has 1 aliphatic heterocycles. The fourth-order valence-corrected chi connectivity index (χ4v) is 1.79. The van der Waals surface area contributed by atoms with E-state index >= 15 is 0 Å². The number of rotatable bonds is 1. The number of benzene rings is 1. The molecule has 82 valence electrons. The molecule has 1 aromatic rings. The number of fused-ring (bicyclic) bond motifs is 1. The number of hydrogen-bond acceptors (Lipinski definition) is 2. The zero-order chi connectivity index (χ0) is 10.1. The van der Waals surface area contributed by atoms with Gasteiger partial charge in [0.05, 0.1) is 0 Å². The van der Waals surface area contributed by atoms with Crippen LogP contribution in [0, 0.1) is 6.92 Å². The van der Waals surface area contributed by atoms with Gasteiger partial charge >= 0.3 is 5.97 Å². The Morgan fingerprint density at radius 2 is 2.27 bits per heavy atom. The summed E-state index contributed by atoms with van der Waals surface area (Å²) in [6, 6.07) is 5.70. The van der Waals surface area contributed by atoms with E-state index < -0.39 is 12.0 Å². The van der Waals surface area contributed by atoms with Crippen molar-refractivity contribution in [3.05, 3.63) is 29.3 Å². The summed E-state index contributed by atoms with van der Waals surface area (Å²) in [6.07, 6.45) is 1.52. The zero-order valence-electron chi connectivity index (χ0n) is 8.49. The Bertz CT molecular complexity index is 379. The third kappa shape index (κ3) is 2.42. The molecular weight excluding hydrogens is 214 g/mol. The lowest BCUT2D eigenvalue weighted by molar-refractivity contribution is -0.138. The van der Waals surface area contributed by atoms with Gasteiger partial charge in [-0.25, -0.2) is 4.79 Å². The van der Waals surface area contributed by atoms with Crippen LogP contribution in [0.1, 0.15) is 17.5 Å². The van der Waals surface area contributed by atoms with Crippen LogP contribution in [0.2, 0.25) is 0 Å². The number of carboxylic acids is 1. The summed E-state index contributed by atoms with van der Waals surface area (Å²) < 4.78 is 0. The highest BCUT2D eigenvalue weighted by Crippen LogP contribution is 2.25. The monoisotopic (exact) mass is 227 g/mol. The van der Waals surface area contributed by atoms with E-state index in [9.17, 15) is 4.79 Å². The van der Waals surface area contributed by atoms with E-state index in [1.807, 2.05) is 13.0 Å². The fraction of sp³-hybridized carbons (Fsp3) is 0.364. The Balaban J connectivity index is 0.00000112. The summed E-state index contributed by atoms with van der Waals surface area (Å²) in [6.45, 7) is 2.01. The SMILES string of the molecule is Cc1ccc2c(c1)NC(C(=O)O)CC2.Cl. The molecule has 0 spiro atoms. The number of carbonyl (C=O) groups is 1. The lowest BCUT2D eigenvalue weighted by Crippen LogP contribution is -2.33. The highest BCUT2D eigenvalue weighted by atomic mass is 35.5. The van der Waals surface area contributed by atoms with Crippen LogP contribution in [0.25, 0.3) is 0 Å². The van der Waals surface area contributed by atoms with Gasteiger partial charge in [0.15, 0.2) is 0 Å². The summed E-state index contributed by atoms with van der Waals surface area (Å²) in [5.41, 5.74) is 3.35. The Morgan fingerprint density at radius 3 is 2.93 bits per heavy atom. The number of aryl methyl sites for hydroxylation is 2. The van der Waals surface area contributed by atoms with Crippen molar-refractivity contribution >= 4 is 24.1 Å². The van der Waals surface area contributed by atoms with Crippen molar-refractivity contribution in [2.75, 3.05) is 5.32 Å². The lowest BCUT2D eigenvalue weighted by atomic mass is 9.97. The number of anilines is 1. The molecule has 3 nitrogen and oxygen atoms in total. The van der Waals surface area contributed by atoms with E-state index in [0.717, 1.165) is 17.7 Å². The van der Waals surface area contributed by atoms with Gasteiger partial charge in [-0.1, -0.05) is 12.1 Å². The highest BCUT2D eigenvalue weighted by molar-refractivity contribution is 5.85. The maximum absolute atomic E-state index is 10.8. The molecule has 0 aliphatic carbocycles. The van der Waals surface area contributed by atoms with Crippen LogP contribution < -0.4 is 5.32 Å². The molecule has 4 heteroatoms. The third-order valence-electron chi connectivity index (χ3n) is 2.60. The van der Waals surface area contributed by atoms with Gasteiger partial charge in [-0.2, -0.15) is 0 Å². The summed E-state index contributed by atoms with van der Waals surface area (Å²) in [5.74, 6) is -0.767. The van der Waals surface area contributed by atoms with E-state index in [0.29, 0.717) is 6.42 Å². The molecule has 15 heavy (non-hydrogen) atoms. The second-order valence-corrected chi connectivity index (χ2v) is 3.73. The van der Waals surface area contributed by atoms with Crippen LogP contribution >= 0.6 is 12.4 Å². The molecule has 0 radical (unpaired) electrons. The van der Waals surface area contributed by atoms with Crippen LogP contribution in [-0.4, -0.2) is 17.1 Å². The van der Waals surface area contributed by atoms with Gasteiger partial charge in [-0.15, -0.1) is 12.4 Å². The van der Waals surface area contributed by atoms with Gasteiger partial charge in [0, 0.05) is 5.69 Å². The topological polar surface area (TPSA) is 49.3 Å². The van der Waals surface area contributed by atoms with Gasteiger partial charge in [-0.05, 0) is 37.0 Å². The summed E-state index contributed by atoms with van der Waals surface area (Å²) in [7, 11) is 0. The van der Waals surface area contributed by atoms with Gasteiger partial charge in [0.1, 0.15) is 6.04 Å². The summed E-state index contributed by atoms with van der Waals surface area (Å²) in [5, 5.41) is 11.9. The predicted molar refractivity (Wildman–Crippen MR) is 61.8 cm³/mol. The molecule has 0 saturated heterocycles. The Hall–Kier alpha value is -1.22. The first-order valence-corrected chi connectivity index (χ1v) is 4.75. The number of aliphatic carboxylic acids is 1. The van der Waals surface area contributed by atoms with Crippen LogP contribution in [-0.2, 0) is 11.2 Å². The number of halogens is 1. The van der Waals surface area contributed by atoms with Crippen LogP contribution in [0.4, 0.5) is 5.69 Å². The van der Waals surface area contributed by atoms with Crippen LogP contribution in [0.15, 0.2) is 18.2 Å². The third-order valence-corrected chi connectivity index (χ3v) is 2.60. The Kier molecular flexibility index (Phi) is 3.58. The normalized spacial score (nSPS) is 18.3. The number of carboxylic acid groups (broad SMARTS) is 1. The molecule has 1 atom stereocenters.